The number of hydrogen-bond acceptors (Lipinski definition) is 5. The fourth-order valence-electron chi connectivity index (χ4n) is 2.49. The molecule has 23 heavy (non-hydrogen) atoms. The van der Waals surface area contributed by atoms with Crippen molar-refractivity contribution < 1.29 is 0 Å². The van der Waals surface area contributed by atoms with Gasteiger partial charge in [0.1, 0.15) is 0 Å². The third kappa shape index (κ3) is 4.80. The minimum atomic E-state index is 0. The summed E-state index contributed by atoms with van der Waals surface area (Å²) in [7, 11) is 0. The maximum atomic E-state index is 6.16. The molecule has 0 spiro atoms. The number of thiazole rings is 1. The monoisotopic (exact) mass is 463 g/mol. The number of guanidine groups is 1. The Morgan fingerprint density at radius 3 is 2.70 bits per heavy atom. The van der Waals surface area contributed by atoms with Crippen molar-refractivity contribution in [3.05, 3.63) is 34.0 Å². The topological polar surface area (TPSA) is 57.8 Å². The van der Waals surface area contributed by atoms with Crippen LogP contribution in [0.25, 0.3) is 0 Å². The number of rotatable bonds is 4. The van der Waals surface area contributed by atoms with E-state index in [-0.39, 0.29) is 24.0 Å². The standard InChI is InChI=1S/C15H21N5S2.HI/c1-12(13-3-2-9-21-13)11-18-14(16)19-5-7-20(8-6-19)15-17-4-10-22-15;/h2-4,9-10,12H,5-8,11H2,1H3,(H2,16,18);1H. The van der Waals surface area contributed by atoms with E-state index in [1.807, 2.05) is 11.6 Å². The van der Waals surface area contributed by atoms with Gasteiger partial charge in [-0.05, 0) is 11.4 Å². The predicted molar refractivity (Wildman–Crippen MR) is 111 cm³/mol. The largest absolute Gasteiger partial charge is 0.370 e. The molecule has 1 fully saturated rings. The molecule has 1 atom stereocenters. The average Bonchev–Trinajstić information content (AvgIpc) is 3.25. The highest BCUT2D eigenvalue weighted by molar-refractivity contribution is 14.0. The van der Waals surface area contributed by atoms with Crippen LogP contribution in [0.15, 0.2) is 34.1 Å². The Hall–Kier alpha value is -0.870. The SMILES string of the molecule is CC(CN=C(N)N1CCN(c2nccs2)CC1)c1cccs1.I. The molecule has 1 saturated heterocycles. The summed E-state index contributed by atoms with van der Waals surface area (Å²) in [5.74, 6) is 1.09. The molecule has 0 aromatic carbocycles. The van der Waals surface area contributed by atoms with Crippen LogP contribution in [0, 0.1) is 0 Å². The Labute approximate surface area is 162 Å². The molecule has 2 N–H and O–H groups in total. The summed E-state index contributed by atoms with van der Waals surface area (Å²) in [4.78, 5) is 14.8. The number of nitrogens with two attached hydrogens (primary N) is 1. The number of thiophene rings is 1. The normalized spacial score (nSPS) is 17.0. The van der Waals surface area contributed by atoms with Crippen LogP contribution in [0.4, 0.5) is 5.13 Å². The molecular weight excluding hydrogens is 441 g/mol. The van der Waals surface area contributed by atoms with Crippen molar-refractivity contribution in [2.75, 3.05) is 37.6 Å². The highest BCUT2D eigenvalue weighted by Gasteiger charge is 2.20. The minimum Gasteiger partial charge on any atom is -0.370 e. The van der Waals surface area contributed by atoms with E-state index in [2.05, 4.69) is 44.2 Å². The zero-order valence-corrected chi connectivity index (χ0v) is 17.1. The van der Waals surface area contributed by atoms with Gasteiger partial charge in [0.25, 0.3) is 0 Å². The van der Waals surface area contributed by atoms with Crippen molar-refractivity contribution in [2.24, 2.45) is 10.7 Å². The number of hydrogen-bond donors (Lipinski definition) is 1. The lowest BCUT2D eigenvalue weighted by Gasteiger charge is -2.35. The molecule has 2 aromatic heterocycles. The van der Waals surface area contributed by atoms with Gasteiger partial charge in [0.15, 0.2) is 11.1 Å². The zero-order valence-electron chi connectivity index (χ0n) is 13.1. The predicted octanol–water partition coefficient (Wildman–Crippen LogP) is 3.06. The second-order valence-electron chi connectivity index (χ2n) is 5.40. The molecule has 1 unspecified atom stereocenters. The fraction of sp³-hybridized carbons (Fsp3) is 0.467. The second kappa shape index (κ2) is 8.84. The van der Waals surface area contributed by atoms with Gasteiger partial charge in [-0.25, -0.2) is 4.98 Å². The molecule has 0 bridgehead atoms. The van der Waals surface area contributed by atoms with Gasteiger partial charge in [-0.15, -0.1) is 46.7 Å². The first-order valence-electron chi connectivity index (χ1n) is 7.47. The number of halogens is 1. The highest BCUT2D eigenvalue weighted by Crippen LogP contribution is 2.21. The summed E-state index contributed by atoms with van der Waals surface area (Å²) >= 11 is 3.47. The Balaban J connectivity index is 0.00000192. The zero-order chi connectivity index (χ0) is 15.4. The Morgan fingerprint density at radius 1 is 1.30 bits per heavy atom. The lowest BCUT2D eigenvalue weighted by atomic mass is 10.1. The van der Waals surface area contributed by atoms with Crippen molar-refractivity contribution in [2.45, 2.75) is 12.8 Å². The van der Waals surface area contributed by atoms with Crippen LogP contribution in [0.3, 0.4) is 0 Å². The van der Waals surface area contributed by atoms with Crippen LogP contribution in [0.5, 0.6) is 0 Å². The van der Waals surface area contributed by atoms with Crippen LogP contribution in [0.1, 0.15) is 17.7 Å². The van der Waals surface area contributed by atoms with Crippen LogP contribution in [0.2, 0.25) is 0 Å². The van der Waals surface area contributed by atoms with Crippen molar-refractivity contribution in [3.63, 3.8) is 0 Å². The van der Waals surface area contributed by atoms with Crippen LogP contribution in [-0.2, 0) is 0 Å². The smallest absolute Gasteiger partial charge is 0.191 e. The Kier molecular flexibility index (Phi) is 7.09. The first kappa shape index (κ1) is 18.5. The first-order valence-corrected chi connectivity index (χ1v) is 9.22. The summed E-state index contributed by atoms with van der Waals surface area (Å²) in [5.41, 5.74) is 6.16. The van der Waals surface area contributed by atoms with E-state index in [0.29, 0.717) is 11.9 Å². The van der Waals surface area contributed by atoms with E-state index in [1.54, 1.807) is 22.7 Å². The quantitative estimate of drug-likeness (QED) is 0.430. The summed E-state index contributed by atoms with van der Waals surface area (Å²) in [6.07, 6.45) is 1.86. The first-order chi connectivity index (χ1) is 10.7. The maximum absolute atomic E-state index is 6.16. The van der Waals surface area contributed by atoms with Crippen LogP contribution >= 0.6 is 46.7 Å². The highest BCUT2D eigenvalue weighted by atomic mass is 127. The van der Waals surface area contributed by atoms with Gasteiger partial charge >= 0.3 is 0 Å². The molecule has 1 aliphatic heterocycles. The van der Waals surface area contributed by atoms with Crippen LogP contribution < -0.4 is 10.6 Å². The number of aromatic nitrogens is 1. The average molecular weight is 463 g/mol. The van der Waals surface area contributed by atoms with Gasteiger partial charge in [0.2, 0.25) is 0 Å². The van der Waals surface area contributed by atoms with Gasteiger partial charge < -0.3 is 15.5 Å². The Morgan fingerprint density at radius 2 is 2.09 bits per heavy atom. The molecule has 2 aromatic rings. The molecule has 126 valence electrons. The molecule has 0 aliphatic carbocycles. The van der Waals surface area contributed by atoms with E-state index in [1.165, 1.54) is 4.88 Å². The van der Waals surface area contributed by atoms with E-state index in [4.69, 9.17) is 5.73 Å². The minimum absolute atomic E-state index is 0. The molecular formula is C15H22IN5S2. The van der Waals surface area contributed by atoms with Gasteiger partial charge in [-0.1, -0.05) is 13.0 Å². The fourth-order valence-corrected chi connectivity index (χ4v) is 3.97. The van der Waals surface area contributed by atoms with E-state index >= 15 is 0 Å². The molecule has 1 aliphatic rings. The number of aliphatic imine (C=N–C) groups is 1. The van der Waals surface area contributed by atoms with Gasteiger partial charge in [0.05, 0.1) is 6.54 Å². The molecule has 0 amide bonds. The lowest BCUT2D eigenvalue weighted by molar-refractivity contribution is 0.380. The summed E-state index contributed by atoms with van der Waals surface area (Å²) in [5, 5.41) is 5.22. The summed E-state index contributed by atoms with van der Waals surface area (Å²) in [6, 6.07) is 4.25. The van der Waals surface area contributed by atoms with Gasteiger partial charge in [-0.2, -0.15) is 0 Å². The van der Waals surface area contributed by atoms with Crippen LogP contribution in [-0.4, -0.2) is 48.6 Å². The molecule has 3 rings (SSSR count). The van der Waals surface area contributed by atoms with E-state index < -0.39 is 0 Å². The van der Waals surface area contributed by atoms with E-state index in [9.17, 15) is 0 Å². The number of anilines is 1. The second-order valence-corrected chi connectivity index (χ2v) is 7.26. The van der Waals surface area contributed by atoms with Gasteiger partial charge in [0, 0.05) is 48.6 Å². The van der Waals surface area contributed by atoms with Gasteiger partial charge in [-0.3, -0.25) is 4.99 Å². The summed E-state index contributed by atoms with van der Waals surface area (Å²) in [6.45, 7) is 6.65. The molecule has 8 heteroatoms. The number of piperazine rings is 1. The van der Waals surface area contributed by atoms with E-state index in [0.717, 1.165) is 37.9 Å². The number of nitrogens with zero attached hydrogens (tertiary/aromatic N) is 4. The molecule has 3 heterocycles. The lowest BCUT2D eigenvalue weighted by Crippen LogP contribution is -2.51. The maximum Gasteiger partial charge on any atom is 0.191 e. The molecule has 0 saturated carbocycles. The van der Waals surface area contributed by atoms with Crippen molar-refractivity contribution in [1.29, 1.82) is 0 Å². The van der Waals surface area contributed by atoms with Crippen molar-refractivity contribution in [1.82, 2.24) is 9.88 Å². The molecule has 5 nitrogen and oxygen atoms in total. The summed E-state index contributed by atoms with van der Waals surface area (Å²) < 4.78 is 0. The third-order valence-corrected chi connectivity index (χ3v) is 5.79. The van der Waals surface area contributed by atoms with Crippen molar-refractivity contribution >= 4 is 57.7 Å². The Bertz CT molecular complexity index is 591. The molecule has 0 radical (unpaired) electrons. The third-order valence-electron chi connectivity index (χ3n) is 3.85. The van der Waals surface area contributed by atoms with Crippen molar-refractivity contribution in [3.8, 4) is 0 Å².